The molecule has 0 aromatic heterocycles. The topological polar surface area (TPSA) is 44.8 Å². The number of anilines is 2. The number of benzene rings is 2. The molecule has 0 radical (unpaired) electrons. The molecule has 1 fully saturated rings. The van der Waals surface area contributed by atoms with Gasteiger partial charge in [0.2, 0.25) is 0 Å². The van der Waals surface area contributed by atoms with Gasteiger partial charge in [0.1, 0.15) is 5.75 Å². The fraction of sp³-hybridized carbons (Fsp3) is 0.381. The van der Waals surface area contributed by atoms with E-state index >= 15 is 0 Å². The molecular weight excluding hydrogens is 326 g/mol. The maximum atomic E-state index is 12.6. The summed E-state index contributed by atoms with van der Waals surface area (Å²) in [6, 6.07) is 16.3. The average molecular weight is 353 g/mol. The van der Waals surface area contributed by atoms with Crippen molar-refractivity contribution >= 4 is 17.4 Å². The summed E-state index contributed by atoms with van der Waals surface area (Å²) in [6.45, 7) is 9.09. The molecule has 138 valence electrons. The van der Waals surface area contributed by atoms with Gasteiger partial charge in [0.15, 0.2) is 0 Å². The minimum Gasteiger partial charge on any atom is -0.494 e. The molecule has 2 aromatic rings. The van der Waals surface area contributed by atoms with Crippen LogP contribution in [-0.4, -0.2) is 43.2 Å². The first-order chi connectivity index (χ1) is 12.6. The Morgan fingerprint density at radius 3 is 2.42 bits per heavy atom. The Morgan fingerprint density at radius 1 is 1.12 bits per heavy atom. The molecule has 3 rings (SSSR count). The molecule has 5 heteroatoms. The van der Waals surface area contributed by atoms with E-state index in [4.69, 9.17) is 4.74 Å². The lowest BCUT2D eigenvalue weighted by Gasteiger charge is -2.41. The van der Waals surface area contributed by atoms with Crippen molar-refractivity contribution in [1.29, 1.82) is 0 Å². The van der Waals surface area contributed by atoms with Gasteiger partial charge in [0.25, 0.3) is 0 Å². The van der Waals surface area contributed by atoms with Crippen LogP contribution in [0.25, 0.3) is 0 Å². The molecule has 0 bridgehead atoms. The van der Waals surface area contributed by atoms with Crippen LogP contribution in [0.15, 0.2) is 48.5 Å². The zero-order valence-corrected chi connectivity index (χ0v) is 15.7. The maximum Gasteiger partial charge on any atom is 0.321 e. The Kier molecular flexibility index (Phi) is 5.66. The standard InChI is InChI=1S/C21H27N3O2/c1-4-26-20-11-7-18(8-12-20)22-21(25)23-13-14-24(17(3)15-23)19-9-5-16(2)6-10-19/h5-12,17H,4,13-15H2,1-3H3,(H,22,25)/t17-/m1/s1. The van der Waals surface area contributed by atoms with Crippen LogP contribution < -0.4 is 15.0 Å². The zero-order chi connectivity index (χ0) is 18.5. The number of ether oxygens (including phenoxy) is 1. The lowest BCUT2D eigenvalue weighted by Crippen LogP contribution is -2.54. The molecule has 0 unspecified atom stereocenters. The fourth-order valence-electron chi connectivity index (χ4n) is 3.27. The number of amides is 2. The van der Waals surface area contributed by atoms with E-state index in [1.807, 2.05) is 36.1 Å². The predicted octanol–water partition coefficient (Wildman–Crippen LogP) is 4.14. The Labute approximate surface area is 155 Å². The largest absolute Gasteiger partial charge is 0.494 e. The minimum absolute atomic E-state index is 0.0513. The highest BCUT2D eigenvalue weighted by Gasteiger charge is 2.26. The summed E-state index contributed by atoms with van der Waals surface area (Å²) in [5.41, 5.74) is 3.26. The van der Waals surface area contributed by atoms with Crippen molar-refractivity contribution in [2.45, 2.75) is 26.8 Å². The summed E-state index contributed by atoms with van der Waals surface area (Å²) in [7, 11) is 0. The highest BCUT2D eigenvalue weighted by Crippen LogP contribution is 2.22. The Bertz CT molecular complexity index is 728. The van der Waals surface area contributed by atoms with Crippen molar-refractivity contribution in [3.8, 4) is 5.75 Å². The number of piperazine rings is 1. The second-order valence-corrected chi connectivity index (χ2v) is 6.71. The molecule has 1 N–H and O–H groups in total. The first-order valence-corrected chi connectivity index (χ1v) is 9.19. The van der Waals surface area contributed by atoms with Gasteiger partial charge >= 0.3 is 6.03 Å². The molecular formula is C21H27N3O2. The van der Waals surface area contributed by atoms with Crippen LogP contribution in [-0.2, 0) is 0 Å². The first kappa shape index (κ1) is 18.1. The van der Waals surface area contributed by atoms with Crippen LogP contribution in [0.4, 0.5) is 16.2 Å². The lowest BCUT2D eigenvalue weighted by molar-refractivity contribution is 0.200. The van der Waals surface area contributed by atoms with E-state index in [1.54, 1.807) is 0 Å². The van der Waals surface area contributed by atoms with Crippen LogP contribution in [0.5, 0.6) is 5.75 Å². The van der Waals surface area contributed by atoms with Crippen LogP contribution in [0, 0.1) is 6.92 Å². The second-order valence-electron chi connectivity index (χ2n) is 6.71. The smallest absolute Gasteiger partial charge is 0.321 e. The number of rotatable bonds is 4. The minimum atomic E-state index is -0.0513. The van der Waals surface area contributed by atoms with E-state index in [-0.39, 0.29) is 12.1 Å². The Hall–Kier alpha value is -2.69. The molecule has 1 aliphatic heterocycles. The van der Waals surface area contributed by atoms with E-state index in [9.17, 15) is 4.79 Å². The zero-order valence-electron chi connectivity index (χ0n) is 15.7. The number of nitrogens with zero attached hydrogens (tertiary/aromatic N) is 2. The third-order valence-corrected chi connectivity index (χ3v) is 4.70. The molecule has 1 aliphatic rings. The van der Waals surface area contributed by atoms with Crippen molar-refractivity contribution < 1.29 is 9.53 Å². The summed E-state index contributed by atoms with van der Waals surface area (Å²) < 4.78 is 5.43. The third-order valence-electron chi connectivity index (χ3n) is 4.70. The highest BCUT2D eigenvalue weighted by molar-refractivity contribution is 5.89. The molecule has 5 nitrogen and oxygen atoms in total. The van der Waals surface area contributed by atoms with Gasteiger partial charge in [-0.05, 0) is 57.2 Å². The summed E-state index contributed by atoms with van der Waals surface area (Å²) >= 11 is 0. The normalized spacial score (nSPS) is 17.1. The Balaban J connectivity index is 1.57. The van der Waals surface area contributed by atoms with Gasteiger partial charge in [-0.3, -0.25) is 0 Å². The fourth-order valence-corrected chi connectivity index (χ4v) is 3.27. The average Bonchev–Trinajstić information content (AvgIpc) is 2.64. The van der Waals surface area contributed by atoms with E-state index in [0.717, 1.165) is 18.0 Å². The van der Waals surface area contributed by atoms with Gasteiger partial charge in [-0.25, -0.2) is 4.79 Å². The molecule has 1 heterocycles. The summed E-state index contributed by atoms with van der Waals surface area (Å²) in [4.78, 5) is 16.8. The number of hydrogen-bond acceptors (Lipinski definition) is 3. The molecule has 0 saturated carbocycles. The van der Waals surface area contributed by atoms with Crippen molar-refractivity contribution in [1.82, 2.24) is 4.90 Å². The SMILES string of the molecule is CCOc1ccc(NC(=O)N2CCN(c3ccc(C)cc3)[C@H](C)C2)cc1. The van der Waals surface area contributed by atoms with Gasteiger partial charge in [0.05, 0.1) is 6.61 Å². The monoisotopic (exact) mass is 353 g/mol. The van der Waals surface area contributed by atoms with Gasteiger partial charge in [-0.1, -0.05) is 17.7 Å². The van der Waals surface area contributed by atoms with Gasteiger partial charge in [0, 0.05) is 37.1 Å². The van der Waals surface area contributed by atoms with Crippen molar-refractivity contribution in [2.75, 3.05) is 36.5 Å². The van der Waals surface area contributed by atoms with E-state index in [2.05, 4.69) is 48.3 Å². The maximum absolute atomic E-state index is 12.6. The van der Waals surface area contributed by atoms with Crippen molar-refractivity contribution in [3.63, 3.8) is 0 Å². The van der Waals surface area contributed by atoms with Crippen molar-refractivity contribution in [3.05, 3.63) is 54.1 Å². The Morgan fingerprint density at radius 2 is 1.81 bits per heavy atom. The molecule has 0 aliphatic carbocycles. The van der Waals surface area contributed by atoms with Gasteiger partial charge in [-0.2, -0.15) is 0 Å². The van der Waals surface area contributed by atoms with Crippen LogP contribution in [0.3, 0.4) is 0 Å². The first-order valence-electron chi connectivity index (χ1n) is 9.19. The number of urea groups is 1. The van der Waals surface area contributed by atoms with Gasteiger partial charge < -0.3 is 19.9 Å². The van der Waals surface area contributed by atoms with Crippen LogP contribution >= 0.6 is 0 Å². The lowest BCUT2D eigenvalue weighted by atomic mass is 10.1. The van der Waals surface area contributed by atoms with E-state index < -0.39 is 0 Å². The highest BCUT2D eigenvalue weighted by atomic mass is 16.5. The molecule has 2 aromatic carbocycles. The molecule has 0 spiro atoms. The van der Waals surface area contributed by atoms with Gasteiger partial charge in [-0.15, -0.1) is 0 Å². The molecule has 1 atom stereocenters. The quantitative estimate of drug-likeness (QED) is 0.899. The number of carbonyl (C=O) groups is 1. The summed E-state index contributed by atoms with van der Waals surface area (Å²) in [5, 5.41) is 2.98. The number of carbonyl (C=O) groups excluding carboxylic acids is 1. The summed E-state index contributed by atoms with van der Waals surface area (Å²) in [5.74, 6) is 0.811. The van der Waals surface area contributed by atoms with E-state index in [1.165, 1.54) is 11.3 Å². The van der Waals surface area contributed by atoms with Crippen LogP contribution in [0.1, 0.15) is 19.4 Å². The number of nitrogens with one attached hydrogen (secondary N) is 1. The third kappa shape index (κ3) is 4.28. The molecule has 2 amide bonds. The number of aryl methyl sites for hydroxylation is 1. The van der Waals surface area contributed by atoms with Crippen molar-refractivity contribution in [2.24, 2.45) is 0 Å². The van der Waals surface area contributed by atoms with Crippen LogP contribution in [0.2, 0.25) is 0 Å². The number of hydrogen-bond donors (Lipinski definition) is 1. The molecule has 26 heavy (non-hydrogen) atoms. The second kappa shape index (κ2) is 8.13. The predicted molar refractivity (Wildman–Crippen MR) is 106 cm³/mol. The van der Waals surface area contributed by atoms with E-state index in [0.29, 0.717) is 19.7 Å². The molecule has 1 saturated heterocycles. The summed E-state index contributed by atoms with van der Waals surface area (Å²) in [6.07, 6.45) is 0.